The summed E-state index contributed by atoms with van der Waals surface area (Å²) in [4.78, 5) is 14.0. The number of rotatable bonds is 7. The van der Waals surface area contributed by atoms with E-state index in [1.54, 1.807) is 11.3 Å². The van der Waals surface area contributed by atoms with Gasteiger partial charge in [-0.15, -0.1) is 11.3 Å². The maximum Gasteiger partial charge on any atom is 0.155 e. The second-order valence-corrected chi connectivity index (χ2v) is 10.2. The topological polar surface area (TPSA) is 82.3 Å². The molecule has 2 aromatic carbocycles. The van der Waals surface area contributed by atoms with Gasteiger partial charge in [-0.3, -0.25) is 10.1 Å². The Hall–Kier alpha value is -4.59. The zero-order valence-electron chi connectivity index (χ0n) is 20.5. The van der Waals surface area contributed by atoms with E-state index in [4.69, 9.17) is 0 Å². The first kappa shape index (κ1) is 22.6. The van der Waals surface area contributed by atoms with Crippen LogP contribution in [0.5, 0.6) is 0 Å². The fourth-order valence-corrected chi connectivity index (χ4v) is 5.65. The second-order valence-electron chi connectivity index (χ2n) is 9.29. The molecule has 5 heterocycles. The van der Waals surface area contributed by atoms with Crippen LogP contribution in [0.1, 0.15) is 11.1 Å². The van der Waals surface area contributed by atoms with Crippen LogP contribution in [-0.4, -0.2) is 25.1 Å². The SMILES string of the molecule is c1ccc(CNCc2cncc(-c3cnc4[nH]nc(-c5cc6c(-c7cccs7)cccc6[nH]5)c4c3)c2)cc1. The number of H-pyrrole nitrogens is 2. The Labute approximate surface area is 223 Å². The van der Waals surface area contributed by atoms with E-state index in [1.165, 1.54) is 21.4 Å². The summed E-state index contributed by atoms with van der Waals surface area (Å²) in [6.45, 7) is 1.56. The van der Waals surface area contributed by atoms with Gasteiger partial charge in [0.1, 0.15) is 5.69 Å². The highest BCUT2D eigenvalue weighted by Crippen LogP contribution is 2.36. The van der Waals surface area contributed by atoms with Gasteiger partial charge in [-0.05, 0) is 46.8 Å². The van der Waals surface area contributed by atoms with Gasteiger partial charge in [0, 0.05) is 69.5 Å². The molecule has 6 nitrogen and oxygen atoms in total. The first-order valence-corrected chi connectivity index (χ1v) is 13.4. The number of aromatic amines is 2. The lowest BCUT2D eigenvalue weighted by Gasteiger charge is -2.07. The number of nitrogens with zero attached hydrogens (tertiary/aromatic N) is 3. The summed E-state index contributed by atoms with van der Waals surface area (Å²) in [5.41, 5.74) is 9.32. The molecule has 0 aliphatic carbocycles. The first-order chi connectivity index (χ1) is 18.8. The zero-order valence-corrected chi connectivity index (χ0v) is 21.3. The predicted octanol–water partition coefficient (Wildman–Crippen LogP) is 7.19. The molecule has 184 valence electrons. The fourth-order valence-electron chi connectivity index (χ4n) is 4.89. The Morgan fingerprint density at radius 2 is 1.66 bits per heavy atom. The fraction of sp³-hybridized carbons (Fsp3) is 0.0645. The Balaban J connectivity index is 1.20. The van der Waals surface area contributed by atoms with E-state index in [0.717, 1.165) is 57.7 Å². The second kappa shape index (κ2) is 9.70. The predicted molar refractivity (Wildman–Crippen MR) is 155 cm³/mol. The normalized spacial score (nSPS) is 11.5. The minimum absolute atomic E-state index is 0.740. The molecule has 0 unspecified atom stereocenters. The highest BCUT2D eigenvalue weighted by Gasteiger charge is 2.15. The highest BCUT2D eigenvalue weighted by molar-refractivity contribution is 7.13. The summed E-state index contributed by atoms with van der Waals surface area (Å²) in [6.07, 6.45) is 5.68. The van der Waals surface area contributed by atoms with E-state index in [2.05, 4.69) is 109 Å². The number of thiophene rings is 1. The van der Waals surface area contributed by atoms with Gasteiger partial charge in [-0.1, -0.05) is 48.5 Å². The molecule has 0 amide bonds. The van der Waals surface area contributed by atoms with Crippen LogP contribution in [-0.2, 0) is 13.1 Å². The molecule has 0 atom stereocenters. The molecule has 0 spiro atoms. The molecule has 7 heteroatoms. The first-order valence-electron chi connectivity index (χ1n) is 12.5. The van der Waals surface area contributed by atoms with Gasteiger partial charge in [-0.25, -0.2) is 4.98 Å². The van der Waals surface area contributed by atoms with Crippen molar-refractivity contribution in [3.63, 3.8) is 0 Å². The van der Waals surface area contributed by atoms with Gasteiger partial charge in [0.05, 0.1) is 5.69 Å². The van der Waals surface area contributed by atoms with E-state index in [0.29, 0.717) is 0 Å². The molecule has 0 aliphatic rings. The average Bonchev–Trinajstić information content (AvgIpc) is 3.73. The van der Waals surface area contributed by atoms with Crippen LogP contribution >= 0.6 is 11.3 Å². The van der Waals surface area contributed by atoms with Crippen LogP contribution in [0, 0.1) is 0 Å². The standard InChI is InChI=1S/C31H24N6S/c1-2-6-20(7-3-1)15-32-16-21-12-22(18-33-17-21)23-13-26-30(36-37-31(26)34-19-23)28-14-25-24(29-10-5-11-38-29)8-4-9-27(25)35-28/h1-14,17-19,32,35H,15-16H2,(H,34,36,37). The van der Waals surface area contributed by atoms with E-state index in [1.807, 2.05) is 24.7 Å². The van der Waals surface area contributed by atoms with Crippen molar-refractivity contribution >= 4 is 33.3 Å². The monoisotopic (exact) mass is 512 g/mol. The third kappa shape index (κ3) is 4.28. The highest BCUT2D eigenvalue weighted by atomic mass is 32.1. The van der Waals surface area contributed by atoms with Crippen molar-refractivity contribution in [1.82, 2.24) is 30.5 Å². The van der Waals surface area contributed by atoms with E-state index < -0.39 is 0 Å². The van der Waals surface area contributed by atoms with Crippen molar-refractivity contribution in [1.29, 1.82) is 0 Å². The van der Waals surface area contributed by atoms with Crippen LogP contribution in [0.2, 0.25) is 0 Å². The summed E-state index contributed by atoms with van der Waals surface area (Å²) >= 11 is 1.75. The lowest BCUT2D eigenvalue weighted by molar-refractivity contribution is 0.691. The smallest absolute Gasteiger partial charge is 0.155 e. The van der Waals surface area contributed by atoms with Crippen LogP contribution in [0.25, 0.3) is 54.9 Å². The Kier molecular flexibility index (Phi) is 5.77. The Morgan fingerprint density at radius 1 is 0.763 bits per heavy atom. The minimum atomic E-state index is 0.740. The van der Waals surface area contributed by atoms with Gasteiger partial charge >= 0.3 is 0 Å². The number of pyridine rings is 2. The molecular weight excluding hydrogens is 488 g/mol. The molecular formula is C31H24N6S. The molecule has 0 bridgehead atoms. The lowest BCUT2D eigenvalue weighted by Crippen LogP contribution is -2.12. The Morgan fingerprint density at radius 3 is 2.55 bits per heavy atom. The number of aromatic nitrogens is 5. The molecule has 0 saturated heterocycles. The Bertz CT molecular complexity index is 1850. The van der Waals surface area contributed by atoms with Crippen LogP contribution < -0.4 is 5.32 Å². The lowest BCUT2D eigenvalue weighted by atomic mass is 10.1. The van der Waals surface area contributed by atoms with Crippen LogP contribution in [0.4, 0.5) is 0 Å². The molecule has 0 fully saturated rings. The van der Waals surface area contributed by atoms with Crippen molar-refractivity contribution in [2.45, 2.75) is 13.1 Å². The maximum atomic E-state index is 4.67. The number of hydrogen-bond acceptors (Lipinski definition) is 5. The van der Waals surface area contributed by atoms with Gasteiger partial charge in [-0.2, -0.15) is 5.10 Å². The summed E-state index contributed by atoms with van der Waals surface area (Å²) in [7, 11) is 0. The quantitative estimate of drug-likeness (QED) is 0.211. The van der Waals surface area contributed by atoms with Crippen LogP contribution in [0.15, 0.2) is 103 Å². The van der Waals surface area contributed by atoms with Crippen molar-refractivity contribution in [3.8, 4) is 33.0 Å². The summed E-state index contributed by atoms with van der Waals surface area (Å²) in [5.74, 6) is 0. The third-order valence-electron chi connectivity index (χ3n) is 6.75. The summed E-state index contributed by atoms with van der Waals surface area (Å²) < 4.78 is 0. The molecule has 5 aromatic heterocycles. The molecule has 3 N–H and O–H groups in total. The van der Waals surface area contributed by atoms with E-state index in [-0.39, 0.29) is 0 Å². The van der Waals surface area contributed by atoms with Gasteiger partial charge in [0.15, 0.2) is 5.65 Å². The van der Waals surface area contributed by atoms with Crippen molar-refractivity contribution in [2.75, 3.05) is 0 Å². The van der Waals surface area contributed by atoms with Crippen molar-refractivity contribution < 1.29 is 0 Å². The van der Waals surface area contributed by atoms with Gasteiger partial charge in [0.2, 0.25) is 0 Å². The minimum Gasteiger partial charge on any atom is -0.353 e. The maximum absolute atomic E-state index is 4.67. The average molecular weight is 513 g/mol. The van der Waals surface area contributed by atoms with E-state index >= 15 is 0 Å². The summed E-state index contributed by atoms with van der Waals surface area (Å²) in [6, 6.07) is 27.5. The molecule has 7 rings (SSSR count). The van der Waals surface area contributed by atoms with Gasteiger partial charge < -0.3 is 10.3 Å². The van der Waals surface area contributed by atoms with Crippen molar-refractivity contribution in [2.24, 2.45) is 0 Å². The molecule has 0 saturated carbocycles. The molecule has 7 aromatic rings. The number of nitrogens with one attached hydrogen (secondary N) is 3. The van der Waals surface area contributed by atoms with Crippen molar-refractivity contribution in [3.05, 3.63) is 114 Å². The third-order valence-corrected chi connectivity index (χ3v) is 7.65. The van der Waals surface area contributed by atoms with E-state index in [9.17, 15) is 0 Å². The molecule has 0 radical (unpaired) electrons. The number of benzene rings is 2. The number of fused-ring (bicyclic) bond motifs is 2. The van der Waals surface area contributed by atoms with Gasteiger partial charge in [0.25, 0.3) is 0 Å². The van der Waals surface area contributed by atoms with Crippen LogP contribution in [0.3, 0.4) is 0 Å². The largest absolute Gasteiger partial charge is 0.353 e. The molecule has 0 aliphatic heterocycles. The zero-order chi connectivity index (χ0) is 25.3. The molecule has 38 heavy (non-hydrogen) atoms. The summed E-state index contributed by atoms with van der Waals surface area (Å²) in [5, 5.41) is 15.5. The number of hydrogen-bond donors (Lipinski definition) is 3.